The molecule has 0 spiro atoms. The van der Waals surface area contributed by atoms with Gasteiger partial charge in [0, 0.05) is 23.9 Å². The van der Waals surface area contributed by atoms with Crippen LogP contribution in [0, 0.1) is 0 Å². The van der Waals surface area contributed by atoms with Crippen LogP contribution in [0.25, 0.3) is 11.6 Å². The first kappa shape index (κ1) is 18.0. The zero-order valence-electron chi connectivity index (χ0n) is 14.7. The van der Waals surface area contributed by atoms with Crippen LogP contribution in [-0.2, 0) is 17.8 Å². The number of rotatable bonds is 7. The molecule has 28 heavy (non-hydrogen) atoms. The van der Waals surface area contributed by atoms with Crippen molar-refractivity contribution in [2.75, 3.05) is 5.32 Å². The van der Waals surface area contributed by atoms with Crippen molar-refractivity contribution in [2.24, 2.45) is 0 Å². The number of aryl methyl sites for hydroxylation is 1. The van der Waals surface area contributed by atoms with E-state index in [2.05, 4.69) is 20.6 Å². The largest absolute Gasteiger partial charge is 0.461 e. The Hall–Kier alpha value is -3.39. The van der Waals surface area contributed by atoms with Crippen molar-refractivity contribution >= 4 is 23.3 Å². The highest BCUT2D eigenvalue weighted by Gasteiger charge is 2.14. The number of hydrogen-bond donors (Lipinski definition) is 1. The van der Waals surface area contributed by atoms with E-state index in [9.17, 15) is 4.79 Å². The molecule has 1 aromatic carbocycles. The van der Waals surface area contributed by atoms with Gasteiger partial charge in [-0.05, 0) is 23.8 Å². The first-order valence-electron chi connectivity index (χ1n) is 8.60. The number of nitrogens with zero attached hydrogens (tertiary/aromatic N) is 4. The van der Waals surface area contributed by atoms with E-state index in [0.29, 0.717) is 41.3 Å². The summed E-state index contributed by atoms with van der Waals surface area (Å²) in [5.41, 5.74) is 0.916. The van der Waals surface area contributed by atoms with Crippen LogP contribution >= 0.6 is 11.6 Å². The minimum atomic E-state index is -0.182. The van der Waals surface area contributed by atoms with E-state index in [1.54, 1.807) is 29.1 Å². The number of hydrogen-bond acceptors (Lipinski definition) is 6. The topological polar surface area (TPSA) is 99.0 Å². The van der Waals surface area contributed by atoms with Crippen LogP contribution in [0.15, 0.2) is 63.9 Å². The lowest BCUT2D eigenvalue weighted by Gasteiger charge is -2.09. The first-order chi connectivity index (χ1) is 13.7. The number of aromatic nitrogens is 4. The van der Waals surface area contributed by atoms with Gasteiger partial charge >= 0.3 is 0 Å². The van der Waals surface area contributed by atoms with Gasteiger partial charge in [-0.2, -0.15) is 10.1 Å². The summed E-state index contributed by atoms with van der Waals surface area (Å²) in [5.74, 6) is 1.65. The molecule has 0 saturated heterocycles. The maximum atomic E-state index is 12.3. The fraction of sp³-hybridized carbons (Fsp3) is 0.158. The van der Waals surface area contributed by atoms with Crippen molar-refractivity contribution < 1.29 is 13.7 Å². The molecule has 0 saturated carbocycles. The van der Waals surface area contributed by atoms with Gasteiger partial charge in [0.05, 0.1) is 19.0 Å². The van der Waals surface area contributed by atoms with Gasteiger partial charge in [0.2, 0.25) is 17.6 Å². The van der Waals surface area contributed by atoms with Gasteiger partial charge in [-0.25, -0.2) is 4.68 Å². The highest BCUT2D eigenvalue weighted by Crippen LogP contribution is 2.19. The summed E-state index contributed by atoms with van der Waals surface area (Å²) in [5, 5.41) is 11.6. The minimum absolute atomic E-state index is 0.182. The quantitative estimate of drug-likeness (QED) is 0.509. The van der Waals surface area contributed by atoms with Gasteiger partial charge in [-0.1, -0.05) is 35.0 Å². The number of benzene rings is 1. The third-order valence-corrected chi connectivity index (χ3v) is 4.41. The Morgan fingerprint density at radius 1 is 1.18 bits per heavy atom. The molecule has 4 rings (SSSR count). The van der Waals surface area contributed by atoms with Gasteiger partial charge in [-0.15, -0.1) is 0 Å². The normalized spacial score (nSPS) is 10.9. The summed E-state index contributed by atoms with van der Waals surface area (Å²) in [6.07, 6.45) is 3.67. The number of carbonyl (C=O) groups is 1. The van der Waals surface area contributed by atoms with E-state index in [-0.39, 0.29) is 12.3 Å². The van der Waals surface area contributed by atoms with Crippen molar-refractivity contribution in [3.8, 4) is 11.6 Å². The van der Waals surface area contributed by atoms with Crippen molar-refractivity contribution in [1.82, 2.24) is 19.9 Å². The third kappa shape index (κ3) is 4.12. The van der Waals surface area contributed by atoms with E-state index in [1.807, 2.05) is 24.3 Å². The first-order valence-corrected chi connectivity index (χ1v) is 8.98. The van der Waals surface area contributed by atoms with Crippen molar-refractivity contribution in [2.45, 2.75) is 19.4 Å². The van der Waals surface area contributed by atoms with Crippen molar-refractivity contribution in [1.29, 1.82) is 0 Å². The lowest BCUT2D eigenvalue weighted by atomic mass is 10.2. The fourth-order valence-corrected chi connectivity index (χ4v) is 2.84. The molecule has 9 heteroatoms. The summed E-state index contributed by atoms with van der Waals surface area (Å²) in [7, 11) is 0. The summed E-state index contributed by atoms with van der Waals surface area (Å²) >= 11 is 6.20. The molecule has 0 fully saturated rings. The standard InChI is InChI=1S/C19H16ClN5O3/c20-14-5-2-1-4-13(14)12-25-16(9-10-21-25)22-17(26)7-8-18-23-19(24-28-18)15-6-3-11-27-15/h1-6,9-11H,7-8,12H2,(H,22,26). The molecule has 0 radical (unpaired) electrons. The average molecular weight is 398 g/mol. The van der Waals surface area contributed by atoms with Crippen molar-refractivity contribution in [3.63, 3.8) is 0 Å². The van der Waals surface area contributed by atoms with E-state index < -0.39 is 0 Å². The molecule has 0 aliphatic rings. The molecule has 1 N–H and O–H groups in total. The Labute approximate surface area is 165 Å². The summed E-state index contributed by atoms with van der Waals surface area (Å²) in [6.45, 7) is 0.457. The van der Waals surface area contributed by atoms with Crippen LogP contribution in [0.3, 0.4) is 0 Å². The Morgan fingerprint density at radius 2 is 2.07 bits per heavy atom. The summed E-state index contributed by atoms with van der Waals surface area (Å²) < 4.78 is 12.1. The molecule has 0 atom stereocenters. The predicted octanol–water partition coefficient (Wildman–Crippen LogP) is 3.80. The maximum absolute atomic E-state index is 12.3. The highest BCUT2D eigenvalue weighted by atomic mass is 35.5. The second-order valence-corrected chi connectivity index (χ2v) is 6.41. The molecule has 0 aliphatic carbocycles. The second-order valence-electron chi connectivity index (χ2n) is 6.00. The monoisotopic (exact) mass is 397 g/mol. The molecule has 0 aliphatic heterocycles. The van der Waals surface area contributed by atoms with Crippen LogP contribution in [0.2, 0.25) is 5.02 Å². The minimum Gasteiger partial charge on any atom is -0.461 e. The Balaban J connectivity index is 1.35. The third-order valence-electron chi connectivity index (χ3n) is 4.04. The molecule has 1 amide bonds. The van der Waals surface area contributed by atoms with Gasteiger partial charge in [0.15, 0.2) is 5.76 Å². The summed E-state index contributed by atoms with van der Waals surface area (Å²) in [6, 6.07) is 12.7. The highest BCUT2D eigenvalue weighted by molar-refractivity contribution is 6.31. The number of carbonyl (C=O) groups excluding carboxylic acids is 1. The maximum Gasteiger partial charge on any atom is 0.238 e. The predicted molar refractivity (Wildman–Crippen MR) is 102 cm³/mol. The van der Waals surface area contributed by atoms with Crippen molar-refractivity contribution in [3.05, 3.63) is 71.4 Å². The zero-order chi connectivity index (χ0) is 19.3. The molecule has 4 aromatic rings. The van der Waals surface area contributed by atoms with Gasteiger partial charge in [-0.3, -0.25) is 4.79 Å². The second kappa shape index (κ2) is 8.10. The fourth-order valence-electron chi connectivity index (χ4n) is 2.64. The lowest BCUT2D eigenvalue weighted by molar-refractivity contribution is -0.116. The van der Waals surface area contributed by atoms with E-state index >= 15 is 0 Å². The summed E-state index contributed by atoms with van der Waals surface area (Å²) in [4.78, 5) is 16.5. The lowest BCUT2D eigenvalue weighted by Crippen LogP contribution is -2.16. The smallest absolute Gasteiger partial charge is 0.238 e. The van der Waals surface area contributed by atoms with Crippen LogP contribution < -0.4 is 5.32 Å². The van der Waals surface area contributed by atoms with Gasteiger partial charge in [0.25, 0.3) is 0 Å². The number of nitrogens with one attached hydrogen (secondary N) is 1. The Morgan fingerprint density at radius 3 is 2.89 bits per heavy atom. The van der Waals surface area contributed by atoms with Crippen LogP contribution in [0.4, 0.5) is 5.82 Å². The molecule has 3 heterocycles. The molecular weight excluding hydrogens is 382 g/mol. The Bertz CT molecular complexity index is 1070. The SMILES string of the molecule is O=C(CCc1nc(-c2ccco2)no1)Nc1ccnn1Cc1ccccc1Cl. The number of furan rings is 1. The molecule has 3 aromatic heterocycles. The molecule has 8 nitrogen and oxygen atoms in total. The van der Waals surface area contributed by atoms with Gasteiger partial charge in [0.1, 0.15) is 5.82 Å². The number of anilines is 1. The van der Waals surface area contributed by atoms with E-state index in [1.165, 1.54) is 6.26 Å². The molecular formula is C19H16ClN5O3. The van der Waals surface area contributed by atoms with Crippen LogP contribution in [0.5, 0.6) is 0 Å². The average Bonchev–Trinajstić information content (AvgIpc) is 3.44. The van der Waals surface area contributed by atoms with Crippen LogP contribution in [0.1, 0.15) is 17.9 Å². The molecule has 0 bridgehead atoms. The van der Waals surface area contributed by atoms with Crippen LogP contribution in [-0.4, -0.2) is 25.8 Å². The molecule has 0 unspecified atom stereocenters. The van der Waals surface area contributed by atoms with E-state index in [4.69, 9.17) is 20.5 Å². The Kier molecular flexibility index (Phi) is 5.20. The molecule has 142 valence electrons. The number of amides is 1. The number of halogens is 1. The van der Waals surface area contributed by atoms with E-state index in [0.717, 1.165) is 5.56 Å². The zero-order valence-corrected chi connectivity index (χ0v) is 15.5. The van der Waals surface area contributed by atoms with Gasteiger partial charge < -0.3 is 14.3 Å².